The standard InChI is InChI=1S/C32H31ClF3N3O4S/c1-44(42,43)39(28-15-7-13-26(33)19-28)27-14-6-11-24(18-27)31(41)38-29(17-22-8-3-2-4-9-22)30(40)21-37-20-23-10-5-12-25(16-23)32(34,35)36/h2-16,18-19,29-30,37,40H,17,20-21H2,1H3,(H,38,41)/t29-,30+/m0/s1. The van der Waals surface area contributed by atoms with Gasteiger partial charge < -0.3 is 15.7 Å². The number of nitrogens with zero attached hydrogens (tertiary/aromatic N) is 1. The lowest BCUT2D eigenvalue weighted by atomic mass is 10.00. The van der Waals surface area contributed by atoms with Gasteiger partial charge in [0.2, 0.25) is 10.0 Å². The van der Waals surface area contributed by atoms with Crippen LogP contribution in [0.5, 0.6) is 0 Å². The van der Waals surface area contributed by atoms with Crippen LogP contribution in [-0.4, -0.2) is 44.4 Å². The smallest absolute Gasteiger partial charge is 0.390 e. The van der Waals surface area contributed by atoms with Crippen LogP contribution in [0.1, 0.15) is 27.0 Å². The fourth-order valence-electron chi connectivity index (χ4n) is 4.68. The van der Waals surface area contributed by atoms with E-state index in [1.54, 1.807) is 36.4 Å². The van der Waals surface area contributed by atoms with Crippen molar-refractivity contribution < 1.29 is 31.5 Å². The summed E-state index contributed by atoms with van der Waals surface area (Å²) >= 11 is 6.10. The van der Waals surface area contributed by atoms with Crippen LogP contribution in [0.3, 0.4) is 0 Å². The third kappa shape index (κ3) is 9.06. The Bertz CT molecular complexity index is 1690. The number of benzene rings is 4. The summed E-state index contributed by atoms with van der Waals surface area (Å²) in [6.45, 7) is 0.0462. The first-order valence-electron chi connectivity index (χ1n) is 13.6. The van der Waals surface area contributed by atoms with Crippen molar-refractivity contribution in [2.75, 3.05) is 17.1 Å². The van der Waals surface area contributed by atoms with Gasteiger partial charge in [0.25, 0.3) is 5.91 Å². The highest BCUT2D eigenvalue weighted by molar-refractivity contribution is 7.92. The van der Waals surface area contributed by atoms with Crippen molar-refractivity contribution in [2.45, 2.75) is 31.3 Å². The highest BCUT2D eigenvalue weighted by Crippen LogP contribution is 2.31. The van der Waals surface area contributed by atoms with E-state index in [1.165, 1.54) is 24.3 Å². The molecule has 4 aromatic rings. The van der Waals surface area contributed by atoms with E-state index in [9.17, 15) is 31.5 Å². The zero-order chi connectivity index (χ0) is 31.9. The number of aliphatic hydroxyl groups excluding tert-OH is 1. The van der Waals surface area contributed by atoms with E-state index < -0.39 is 39.8 Å². The largest absolute Gasteiger partial charge is 0.416 e. The number of nitrogens with one attached hydrogen (secondary N) is 2. The number of carbonyl (C=O) groups excluding carboxylic acids is 1. The maximum absolute atomic E-state index is 13.5. The molecule has 0 aliphatic carbocycles. The molecule has 0 spiro atoms. The molecule has 0 heterocycles. The number of alkyl halides is 3. The lowest BCUT2D eigenvalue weighted by molar-refractivity contribution is -0.137. The Morgan fingerprint density at radius 3 is 2.18 bits per heavy atom. The van der Waals surface area contributed by atoms with Gasteiger partial charge in [-0.25, -0.2) is 12.7 Å². The molecule has 0 bridgehead atoms. The molecule has 0 aromatic heterocycles. The van der Waals surface area contributed by atoms with Crippen LogP contribution in [-0.2, 0) is 29.2 Å². The maximum atomic E-state index is 13.5. The minimum atomic E-state index is -4.47. The predicted molar refractivity (Wildman–Crippen MR) is 165 cm³/mol. The molecule has 44 heavy (non-hydrogen) atoms. The van der Waals surface area contributed by atoms with Crippen LogP contribution in [0.4, 0.5) is 24.5 Å². The average molecular weight is 646 g/mol. The molecule has 3 N–H and O–H groups in total. The first-order chi connectivity index (χ1) is 20.8. The second-order valence-corrected chi connectivity index (χ2v) is 12.5. The quantitative estimate of drug-likeness (QED) is 0.177. The number of rotatable bonds is 12. The molecular formula is C32H31ClF3N3O4S. The Hall–Kier alpha value is -3.90. The van der Waals surface area contributed by atoms with Crippen LogP contribution in [0.2, 0.25) is 5.02 Å². The number of hydrogen-bond donors (Lipinski definition) is 3. The van der Waals surface area contributed by atoms with E-state index in [0.717, 1.165) is 28.3 Å². The number of sulfonamides is 1. The lowest BCUT2D eigenvalue weighted by Gasteiger charge is -2.26. The van der Waals surface area contributed by atoms with Crippen LogP contribution in [0.25, 0.3) is 0 Å². The van der Waals surface area contributed by atoms with Gasteiger partial charge in [0.1, 0.15) is 0 Å². The number of aliphatic hydroxyl groups is 1. The number of amides is 1. The van der Waals surface area contributed by atoms with Gasteiger partial charge in [-0.2, -0.15) is 13.2 Å². The van der Waals surface area contributed by atoms with Gasteiger partial charge in [-0.05, 0) is 60.0 Å². The monoisotopic (exact) mass is 645 g/mol. The topological polar surface area (TPSA) is 98.7 Å². The van der Waals surface area contributed by atoms with Crippen molar-refractivity contribution >= 4 is 38.9 Å². The average Bonchev–Trinajstić information content (AvgIpc) is 2.96. The third-order valence-electron chi connectivity index (χ3n) is 6.73. The van der Waals surface area contributed by atoms with Crippen LogP contribution in [0, 0.1) is 0 Å². The number of halogens is 4. The van der Waals surface area contributed by atoms with E-state index in [4.69, 9.17) is 11.6 Å². The van der Waals surface area contributed by atoms with E-state index >= 15 is 0 Å². The van der Waals surface area contributed by atoms with Crippen molar-refractivity contribution in [2.24, 2.45) is 0 Å². The molecule has 0 aliphatic rings. The molecule has 232 valence electrons. The first kappa shape index (κ1) is 33.0. The Morgan fingerprint density at radius 2 is 1.52 bits per heavy atom. The highest BCUT2D eigenvalue weighted by Gasteiger charge is 2.30. The van der Waals surface area contributed by atoms with Crippen molar-refractivity contribution in [3.63, 3.8) is 0 Å². The minimum Gasteiger partial charge on any atom is -0.390 e. The molecular weight excluding hydrogens is 615 g/mol. The zero-order valence-electron chi connectivity index (χ0n) is 23.6. The van der Waals surface area contributed by atoms with Crippen LogP contribution in [0.15, 0.2) is 103 Å². The van der Waals surface area contributed by atoms with Gasteiger partial charge in [0, 0.05) is 23.7 Å². The Labute approximate surface area is 259 Å². The van der Waals surface area contributed by atoms with Gasteiger partial charge in [-0.1, -0.05) is 72.3 Å². The normalized spacial score (nSPS) is 13.2. The molecule has 7 nitrogen and oxygen atoms in total. The second kappa shape index (κ2) is 14.3. The summed E-state index contributed by atoms with van der Waals surface area (Å²) < 4.78 is 65.8. The molecule has 0 saturated carbocycles. The summed E-state index contributed by atoms with van der Waals surface area (Å²) in [6, 6.07) is 25.6. The Kier molecular flexibility index (Phi) is 10.7. The molecule has 1 amide bonds. The van der Waals surface area contributed by atoms with E-state index in [1.807, 2.05) is 30.3 Å². The number of hydrogen-bond acceptors (Lipinski definition) is 5. The Balaban J connectivity index is 1.52. The van der Waals surface area contributed by atoms with E-state index in [-0.39, 0.29) is 30.8 Å². The molecule has 2 atom stereocenters. The summed E-state index contributed by atoms with van der Waals surface area (Å²) in [5.41, 5.74) is 1.13. The molecule has 0 fully saturated rings. The van der Waals surface area contributed by atoms with Gasteiger partial charge in [-0.3, -0.25) is 4.79 Å². The second-order valence-electron chi connectivity index (χ2n) is 10.2. The summed E-state index contributed by atoms with van der Waals surface area (Å²) in [5, 5.41) is 17.2. The molecule has 0 radical (unpaired) electrons. The van der Waals surface area contributed by atoms with Crippen LogP contribution < -0.4 is 14.9 Å². The maximum Gasteiger partial charge on any atom is 0.416 e. The van der Waals surface area contributed by atoms with Gasteiger partial charge in [-0.15, -0.1) is 0 Å². The SMILES string of the molecule is CS(=O)(=O)N(c1cccc(Cl)c1)c1cccc(C(=O)N[C@@H](Cc2ccccc2)[C@H](O)CNCc2cccc(C(F)(F)F)c2)c1. The minimum absolute atomic E-state index is 0.0231. The summed E-state index contributed by atoms with van der Waals surface area (Å²) in [4.78, 5) is 13.5. The third-order valence-corrected chi connectivity index (χ3v) is 8.05. The fourth-order valence-corrected chi connectivity index (χ4v) is 5.85. The van der Waals surface area contributed by atoms with Gasteiger partial charge in [0.15, 0.2) is 0 Å². The summed E-state index contributed by atoms with van der Waals surface area (Å²) in [5.74, 6) is -0.552. The molecule has 0 aliphatic heterocycles. The van der Waals surface area contributed by atoms with Crippen molar-refractivity contribution in [3.05, 3.63) is 130 Å². The molecule has 0 saturated heterocycles. The van der Waals surface area contributed by atoms with Crippen LogP contribution >= 0.6 is 11.6 Å². The highest BCUT2D eigenvalue weighted by atomic mass is 35.5. The van der Waals surface area contributed by atoms with Gasteiger partial charge in [0.05, 0.1) is 35.3 Å². The Morgan fingerprint density at radius 1 is 0.886 bits per heavy atom. The van der Waals surface area contributed by atoms with Gasteiger partial charge >= 0.3 is 6.18 Å². The fraction of sp³-hybridized carbons (Fsp3) is 0.219. The zero-order valence-corrected chi connectivity index (χ0v) is 25.2. The molecule has 0 unspecified atom stereocenters. The summed E-state index contributed by atoms with van der Waals surface area (Å²) in [7, 11) is -3.82. The number of carbonyl (C=O) groups is 1. The summed E-state index contributed by atoms with van der Waals surface area (Å²) in [6.07, 6.45) is -4.28. The number of anilines is 2. The predicted octanol–water partition coefficient (Wildman–Crippen LogP) is 5.95. The van der Waals surface area contributed by atoms with E-state index in [0.29, 0.717) is 16.3 Å². The first-order valence-corrected chi connectivity index (χ1v) is 15.8. The molecule has 4 rings (SSSR count). The van der Waals surface area contributed by atoms with E-state index in [2.05, 4.69) is 10.6 Å². The van der Waals surface area contributed by atoms with Crippen molar-refractivity contribution in [3.8, 4) is 0 Å². The van der Waals surface area contributed by atoms with Crippen molar-refractivity contribution in [1.82, 2.24) is 10.6 Å². The lowest BCUT2D eigenvalue weighted by Crippen LogP contribution is -2.48. The molecule has 4 aromatic carbocycles. The molecule has 12 heteroatoms. The van der Waals surface area contributed by atoms with Crippen molar-refractivity contribution in [1.29, 1.82) is 0 Å².